The molecule has 0 atom stereocenters. The first-order valence-electron chi connectivity index (χ1n) is 6.56. The lowest BCUT2D eigenvalue weighted by molar-refractivity contribution is -0.135. The van der Waals surface area contributed by atoms with Gasteiger partial charge in [-0.1, -0.05) is 37.3 Å². The van der Waals surface area contributed by atoms with Gasteiger partial charge in [-0.25, -0.2) is 9.97 Å². The van der Waals surface area contributed by atoms with Crippen LogP contribution in [-0.4, -0.2) is 34.1 Å². The summed E-state index contributed by atoms with van der Waals surface area (Å²) in [5.41, 5.74) is 0.918. The van der Waals surface area contributed by atoms with Gasteiger partial charge in [0.25, 0.3) is 0 Å². The highest BCUT2D eigenvalue weighted by molar-refractivity contribution is 5.73. The first-order valence-corrected chi connectivity index (χ1v) is 6.56. The third-order valence-electron chi connectivity index (χ3n) is 2.82. The molecule has 20 heavy (non-hydrogen) atoms. The zero-order chi connectivity index (χ0) is 14.4. The molecule has 104 valence electrons. The van der Waals surface area contributed by atoms with E-state index in [9.17, 15) is 4.79 Å². The second-order valence-corrected chi connectivity index (χ2v) is 4.42. The van der Waals surface area contributed by atoms with Gasteiger partial charge in [0.1, 0.15) is 12.4 Å². The molecule has 0 saturated heterocycles. The summed E-state index contributed by atoms with van der Waals surface area (Å²) in [5.74, 6) is 0.385. The fourth-order valence-electron chi connectivity index (χ4n) is 1.96. The smallest absolute Gasteiger partial charge is 0.323 e. The Labute approximate surface area is 117 Å². The van der Waals surface area contributed by atoms with E-state index in [2.05, 4.69) is 9.97 Å². The predicted octanol–water partition coefficient (Wildman–Crippen LogP) is 2.44. The fourth-order valence-corrected chi connectivity index (χ4v) is 1.96. The minimum absolute atomic E-state index is 0.0565. The van der Waals surface area contributed by atoms with Crippen LogP contribution in [0.3, 0.4) is 0 Å². The molecule has 0 amide bonds. The van der Waals surface area contributed by atoms with Gasteiger partial charge in [-0.15, -0.1) is 0 Å². The largest absolute Gasteiger partial charge is 0.480 e. The van der Waals surface area contributed by atoms with Crippen LogP contribution in [0.1, 0.15) is 13.3 Å². The van der Waals surface area contributed by atoms with Crippen molar-refractivity contribution in [1.82, 2.24) is 9.97 Å². The SMILES string of the molecule is CCCN(CC(=O)O)c1ccnc(-c2ccccc2)n1. The Morgan fingerprint density at radius 1 is 1.25 bits per heavy atom. The number of carbonyl (C=O) groups is 1. The molecule has 0 saturated carbocycles. The molecule has 0 bridgehead atoms. The van der Waals surface area contributed by atoms with Crippen LogP contribution in [0.4, 0.5) is 5.82 Å². The zero-order valence-corrected chi connectivity index (χ0v) is 11.4. The second-order valence-electron chi connectivity index (χ2n) is 4.42. The maximum atomic E-state index is 10.9. The molecule has 0 aliphatic rings. The van der Waals surface area contributed by atoms with Gasteiger partial charge in [-0.3, -0.25) is 4.79 Å². The molecule has 0 spiro atoms. The summed E-state index contributed by atoms with van der Waals surface area (Å²) in [7, 11) is 0. The standard InChI is InChI=1S/C15H17N3O2/c1-2-10-18(11-14(19)20)13-8-9-16-15(17-13)12-6-4-3-5-7-12/h3-9H,2,10-11H2,1H3,(H,19,20). The van der Waals surface area contributed by atoms with E-state index >= 15 is 0 Å². The van der Waals surface area contributed by atoms with Crippen molar-refractivity contribution >= 4 is 11.8 Å². The Morgan fingerprint density at radius 2 is 2.00 bits per heavy atom. The van der Waals surface area contributed by atoms with Gasteiger partial charge in [-0.05, 0) is 12.5 Å². The van der Waals surface area contributed by atoms with Crippen LogP contribution in [0.2, 0.25) is 0 Å². The van der Waals surface area contributed by atoms with E-state index in [0.29, 0.717) is 18.2 Å². The van der Waals surface area contributed by atoms with Crippen LogP contribution in [0.25, 0.3) is 11.4 Å². The summed E-state index contributed by atoms with van der Waals surface area (Å²) in [5, 5.41) is 8.97. The van der Waals surface area contributed by atoms with E-state index in [0.717, 1.165) is 12.0 Å². The Hall–Kier alpha value is -2.43. The highest BCUT2D eigenvalue weighted by Gasteiger charge is 2.12. The number of nitrogens with zero attached hydrogens (tertiary/aromatic N) is 3. The van der Waals surface area contributed by atoms with Gasteiger partial charge in [-0.2, -0.15) is 0 Å². The number of hydrogen-bond acceptors (Lipinski definition) is 4. The number of anilines is 1. The normalized spacial score (nSPS) is 10.2. The molecule has 1 aromatic carbocycles. The van der Waals surface area contributed by atoms with Crippen molar-refractivity contribution in [2.45, 2.75) is 13.3 Å². The van der Waals surface area contributed by atoms with E-state index in [4.69, 9.17) is 5.11 Å². The van der Waals surface area contributed by atoms with Gasteiger partial charge in [0.2, 0.25) is 0 Å². The first kappa shape index (κ1) is 14.0. The van der Waals surface area contributed by atoms with Crippen LogP contribution < -0.4 is 4.90 Å². The third-order valence-corrected chi connectivity index (χ3v) is 2.82. The van der Waals surface area contributed by atoms with Gasteiger partial charge in [0.15, 0.2) is 5.82 Å². The summed E-state index contributed by atoms with van der Waals surface area (Å²) in [6.07, 6.45) is 2.52. The van der Waals surface area contributed by atoms with E-state index in [-0.39, 0.29) is 6.54 Å². The van der Waals surface area contributed by atoms with Gasteiger partial charge in [0, 0.05) is 18.3 Å². The van der Waals surface area contributed by atoms with E-state index in [1.54, 1.807) is 17.2 Å². The van der Waals surface area contributed by atoms with E-state index in [1.807, 2.05) is 37.3 Å². The molecule has 5 heteroatoms. The average Bonchev–Trinajstić information content (AvgIpc) is 2.47. The van der Waals surface area contributed by atoms with Crippen LogP contribution in [-0.2, 0) is 4.79 Å². The van der Waals surface area contributed by atoms with E-state index in [1.165, 1.54) is 0 Å². The lowest BCUT2D eigenvalue weighted by Gasteiger charge is -2.21. The fraction of sp³-hybridized carbons (Fsp3) is 0.267. The lowest BCUT2D eigenvalue weighted by atomic mass is 10.2. The van der Waals surface area contributed by atoms with Crippen molar-refractivity contribution in [2.75, 3.05) is 18.0 Å². The van der Waals surface area contributed by atoms with Crippen molar-refractivity contribution in [3.05, 3.63) is 42.6 Å². The second kappa shape index (κ2) is 6.65. The minimum Gasteiger partial charge on any atom is -0.480 e. The third kappa shape index (κ3) is 3.54. The van der Waals surface area contributed by atoms with Crippen molar-refractivity contribution in [3.63, 3.8) is 0 Å². The summed E-state index contributed by atoms with van der Waals surface area (Å²) in [4.78, 5) is 21.4. The molecule has 1 aromatic heterocycles. The monoisotopic (exact) mass is 271 g/mol. The maximum absolute atomic E-state index is 10.9. The van der Waals surface area contributed by atoms with Gasteiger partial charge in [0.05, 0.1) is 0 Å². The quantitative estimate of drug-likeness (QED) is 0.874. The molecule has 5 nitrogen and oxygen atoms in total. The molecule has 1 N–H and O–H groups in total. The van der Waals surface area contributed by atoms with Crippen molar-refractivity contribution < 1.29 is 9.90 Å². The average molecular weight is 271 g/mol. The molecule has 0 fully saturated rings. The molecule has 2 aromatic rings. The highest BCUT2D eigenvalue weighted by atomic mass is 16.4. The molecular formula is C15H17N3O2. The van der Waals surface area contributed by atoms with E-state index < -0.39 is 5.97 Å². The molecule has 2 rings (SSSR count). The summed E-state index contributed by atoms with van der Waals surface area (Å²) >= 11 is 0. The summed E-state index contributed by atoms with van der Waals surface area (Å²) < 4.78 is 0. The van der Waals surface area contributed by atoms with Crippen LogP contribution in [0, 0.1) is 0 Å². The first-order chi connectivity index (χ1) is 9.70. The van der Waals surface area contributed by atoms with Crippen LogP contribution in [0.5, 0.6) is 0 Å². The van der Waals surface area contributed by atoms with Gasteiger partial charge < -0.3 is 10.0 Å². The molecule has 0 unspecified atom stereocenters. The van der Waals surface area contributed by atoms with Crippen molar-refractivity contribution in [3.8, 4) is 11.4 Å². The minimum atomic E-state index is -0.863. The summed E-state index contributed by atoms with van der Waals surface area (Å²) in [6.45, 7) is 2.60. The van der Waals surface area contributed by atoms with Crippen LogP contribution in [0.15, 0.2) is 42.6 Å². The molecule has 0 aliphatic heterocycles. The van der Waals surface area contributed by atoms with Crippen molar-refractivity contribution in [2.24, 2.45) is 0 Å². The summed E-state index contributed by atoms with van der Waals surface area (Å²) in [6, 6.07) is 11.4. The highest BCUT2D eigenvalue weighted by Crippen LogP contribution is 2.18. The number of aromatic nitrogens is 2. The number of benzene rings is 1. The topological polar surface area (TPSA) is 66.3 Å². The number of rotatable bonds is 6. The zero-order valence-electron chi connectivity index (χ0n) is 11.4. The van der Waals surface area contributed by atoms with Crippen LogP contribution >= 0.6 is 0 Å². The Balaban J connectivity index is 2.30. The Morgan fingerprint density at radius 3 is 2.65 bits per heavy atom. The number of carboxylic acids is 1. The molecular weight excluding hydrogens is 254 g/mol. The maximum Gasteiger partial charge on any atom is 0.323 e. The number of hydrogen-bond donors (Lipinski definition) is 1. The molecule has 0 aliphatic carbocycles. The molecule has 1 heterocycles. The molecule has 0 radical (unpaired) electrons. The Bertz CT molecular complexity index is 572. The van der Waals surface area contributed by atoms with Gasteiger partial charge >= 0.3 is 5.97 Å². The number of carboxylic acid groups (broad SMARTS) is 1. The number of aliphatic carboxylic acids is 1. The van der Waals surface area contributed by atoms with Crippen molar-refractivity contribution in [1.29, 1.82) is 0 Å². The predicted molar refractivity (Wildman–Crippen MR) is 77.6 cm³/mol. The lowest BCUT2D eigenvalue weighted by Crippen LogP contribution is -2.31. The Kier molecular flexibility index (Phi) is 4.65.